The van der Waals surface area contributed by atoms with Gasteiger partial charge in [-0.1, -0.05) is 12.1 Å². The topological polar surface area (TPSA) is 83.0 Å². The van der Waals surface area contributed by atoms with Crippen LogP contribution in [0.5, 0.6) is 0 Å². The summed E-state index contributed by atoms with van der Waals surface area (Å²) in [5.41, 5.74) is 3.68. The van der Waals surface area contributed by atoms with Crippen LogP contribution in [0, 0.1) is 0 Å². The number of aliphatic carboxylic acids is 1. The average molecular weight is 337 g/mol. The highest BCUT2D eigenvalue weighted by Crippen LogP contribution is 2.42. The zero-order valence-corrected chi connectivity index (χ0v) is 14.0. The van der Waals surface area contributed by atoms with Gasteiger partial charge in [0.15, 0.2) is 0 Å². The van der Waals surface area contributed by atoms with Crippen LogP contribution in [0.15, 0.2) is 45.0 Å². The van der Waals surface area contributed by atoms with Crippen molar-refractivity contribution in [2.75, 3.05) is 6.54 Å². The Hall–Kier alpha value is -2.82. The van der Waals surface area contributed by atoms with Crippen molar-refractivity contribution in [1.82, 2.24) is 0 Å². The Morgan fingerprint density at radius 3 is 2.84 bits per heavy atom. The highest BCUT2D eigenvalue weighted by molar-refractivity contribution is 6.09. The molecule has 5 heteroatoms. The molecular weight excluding hydrogens is 318 g/mol. The second-order valence-corrected chi connectivity index (χ2v) is 6.66. The van der Waals surface area contributed by atoms with Crippen molar-refractivity contribution in [2.24, 2.45) is 4.99 Å². The molecule has 0 radical (unpaired) electrons. The normalized spacial score (nSPS) is 20.3. The van der Waals surface area contributed by atoms with Crippen molar-refractivity contribution in [1.29, 1.82) is 0 Å². The van der Waals surface area contributed by atoms with Crippen LogP contribution in [0.25, 0.3) is 16.5 Å². The number of carboxylic acids is 1. The van der Waals surface area contributed by atoms with E-state index < -0.39 is 5.97 Å². The van der Waals surface area contributed by atoms with Crippen LogP contribution < -0.4 is 0 Å². The summed E-state index contributed by atoms with van der Waals surface area (Å²) in [6.45, 7) is 2.25. The van der Waals surface area contributed by atoms with Crippen molar-refractivity contribution in [3.05, 3.63) is 52.5 Å². The summed E-state index contributed by atoms with van der Waals surface area (Å²) >= 11 is 0. The lowest BCUT2D eigenvalue weighted by atomic mass is 10.0. The number of aliphatic hydroxyl groups is 1. The number of carboxylic acid groups (broad SMARTS) is 1. The molecule has 128 valence electrons. The number of hydrogen-bond acceptors (Lipinski definition) is 4. The van der Waals surface area contributed by atoms with Crippen LogP contribution in [-0.2, 0) is 11.2 Å². The molecule has 2 heterocycles. The highest BCUT2D eigenvalue weighted by atomic mass is 16.4. The molecule has 2 N–H and O–H groups in total. The zero-order chi connectivity index (χ0) is 17.6. The molecule has 2 aromatic rings. The highest BCUT2D eigenvalue weighted by Gasteiger charge is 2.25. The van der Waals surface area contributed by atoms with E-state index >= 15 is 0 Å². The summed E-state index contributed by atoms with van der Waals surface area (Å²) in [7, 11) is 0. The van der Waals surface area contributed by atoms with Crippen molar-refractivity contribution in [2.45, 2.75) is 32.1 Å². The average Bonchev–Trinajstić information content (AvgIpc) is 3.35. The van der Waals surface area contributed by atoms with Gasteiger partial charge in [-0.2, -0.15) is 0 Å². The van der Waals surface area contributed by atoms with E-state index in [0.717, 1.165) is 16.5 Å². The Labute approximate surface area is 145 Å². The second kappa shape index (κ2) is 5.92. The van der Waals surface area contributed by atoms with Crippen LogP contribution in [0.1, 0.15) is 42.6 Å². The number of aliphatic imine (C=N–C) groups is 1. The number of benzene rings is 1. The van der Waals surface area contributed by atoms with Gasteiger partial charge in [0.1, 0.15) is 22.7 Å². The van der Waals surface area contributed by atoms with Gasteiger partial charge in [0, 0.05) is 23.7 Å². The molecule has 0 saturated heterocycles. The molecule has 2 aliphatic rings. The lowest BCUT2D eigenvalue weighted by Gasteiger charge is -2.06. The first-order valence-electron chi connectivity index (χ1n) is 8.45. The number of nitrogens with zero attached hydrogens (tertiary/aromatic N) is 1. The van der Waals surface area contributed by atoms with Crippen LogP contribution in [0.2, 0.25) is 0 Å². The number of rotatable bonds is 2. The molecule has 25 heavy (non-hydrogen) atoms. The second-order valence-electron chi connectivity index (χ2n) is 6.66. The summed E-state index contributed by atoms with van der Waals surface area (Å²) in [4.78, 5) is 15.4. The van der Waals surface area contributed by atoms with Crippen LogP contribution in [0.3, 0.4) is 0 Å². The van der Waals surface area contributed by atoms with Gasteiger partial charge in [-0.25, -0.2) is 4.79 Å². The zero-order valence-electron chi connectivity index (χ0n) is 14.0. The maximum Gasteiger partial charge on any atom is 0.341 e. The van der Waals surface area contributed by atoms with E-state index in [0.29, 0.717) is 30.2 Å². The van der Waals surface area contributed by atoms with E-state index in [1.165, 1.54) is 30.7 Å². The smallest absolute Gasteiger partial charge is 0.341 e. The summed E-state index contributed by atoms with van der Waals surface area (Å²) in [5, 5.41) is 20.4. The number of aliphatic hydroxyl groups excluding tert-OH is 1. The largest absolute Gasteiger partial charge is 0.507 e. The van der Waals surface area contributed by atoms with Crippen molar-refractivity contribution >= 4 is 28.7 Å². The molecular formula is C20H19NO4. The Balaban J connectivity index is 1.87. The lowest BCUT2D eigenvalue weighted by Crippen LogP contribution is -2.07. The molecule has 1 fully saturated rings. The fourth-order valence-corrected chi connectivity index (χ4v) is 3.32. The molecule has 1 saturated carbocycles. The quantitative estimate of drug-likeness (QED) is 0.859. The minimum atomic E-state index is -1.20. The molecule has 1 aliphatic heterocycles. The van der Waals surface area contributed by atoms with E-state index in [-0.39, 0.29) is 11.3 Å². The third kappa shape index (κ3) is 2.86. The minimum Gasteiger partial charge on any atom is -0.507 e. The lowest BCUT2D eigenvalue weighted by molar-refractivity contribution is -0.132. The van der Waals surface area contributed by atoms with E-state index in [1.54, 1.807) is 0 Å². The molecule has 5 nitrogen and oxygen atoms in total. The Morgan fingerprint density at radius 2 is 2.12 bits per heavy atom. The van der Waals surface area contributed by atoms with Gasteiger partial charge < -0.3 is 14.6 Å². The van der Waals surface area contributed by atoms with Gasteiger partial charge in [-0.15, -0.1) is 0 Å². The van der Waals surface area contributed by atoms with Gasteiger partial charge in [0.05, 0.1) is 0 Å². The fourth-order valence-electron chi connectivity index (χ4n) is 3.32. The van der Waals surface area contributed by atoms with Crippen molar-refractivity contribution < 1.29 is 19.4 Å². The maximum absolute atomic E-state index is 11.3. The van der Waals surface area contributed by atoms with Crippen LogP contribution in [-0.4, -0.2) is 28.9 Å². The molecule has 0 unspecified atom stereocenters. The number of allylic oxidation sites excluding steroid dienone is 2. The SMILES string of the molecule is C/C1=C\C(O)=C(C(=O)O)C=NCCc2c1oc1cc(C3CC3)ccc21. The molecule has 1 aliphatic carbocycles. The van der Waals surface area contributed by atoms with E-state index in [9.17, 15) is 15.0 Å². The summed E-state index contributed by atoms with van der Waals surface area (Å²) in [5.74, 6) is -0.184. The first-order chi connectivity index (χ1) is 12.0. The Kier molecular flexibility index (Phi) is 3.71. The fraction of sp³-hybridized carbons (Fsp3) is 0.300. The predicted octanol–water partition coefficient (Wildman–Crippen LogP) is 4.24. The summed E-state index contributed by atoms with van der Waals surface area (Å²) < 4.78 is 6.10. The van der Waals surface area contributed by atoms with E-state index in [1.807, 2.05) is 6.92 Å². The molecule has 1 aromatic heterocycles. The number of furan rings is 1. The van der Waals surface area contributed by atoms with Gasteiger partial charge in [-0.05, 0) is 55.4 Å². The van der Waals surface area contributed by atoms with E-state index in [2.05, 4.69) is 23.2 Å². The van der Waals surface area contributed by atoms with Crippen LogP contribution in [0.4, 0.5) is 0 Å². The molecule has 4 rings (SSSR count). The van der Waals surface area contributed by atoms with E-state index in [4.69, 9.17) is 4.42 Å². The monoisotopic (exact) mass is 337 g/mol. The Morgan fingerprint density at radius 1 is 1.32 bits per heavy atom. The van der Waals surface area contributed by atoms with Crippen LogP contribution >= 0.6 is 0 Å². The number of hydrogen-bond donors (Lipinski definition) is 2. The molecule has 0 spiro atoms. The summed E-state index contributed by atoms with van der Waals surface area (Å²) in [6.07, 6.45) is 5.77. The number of fused-ring (bicyclic) bond motifs is 3. The third-order valence-electron chi connectivity index (χ3n) is 4.79. The van der Waals surface area contributed by atoms with Crippen molar-refractivity contribution in [3.63, 3.8) is 0 Å². The summed E-state index contributed by atoms with van der Waals surface area (Å²) in [6, 6.07) is 6.37. The van der Waals surface area contributed by atoms with Gasteiger partial charge in [-0.3, -0.25) is 4.99 Å². The van der Waals surface area contributed by atoms with Gasteiger partial charge in [0.25, 0.3) is 0 Å². The first-order valence-corrected chi connectivity index (χ1v) is 8.45. The molecule has 0 atom stereocenters. The maximum atomic E-state index is 11.3. The minimum absolute atomic E-state index is 0.213. The van der Waals surface area contributed by atoms with Crippen molar-refractivity contribution in [3.8, 4) is 0 Å². The molecule has 0 amide bonds. The van der Waals surface area contributed by atoms with Gasteiger partial charge in [0.2, 0.25) is 0 Å². The number of carbonyl (C=O) groups is 1. The van der Waals surface area contributed by atoms with Gasteiger partial charge >= 0.3 is 5.97 Å². The predicted molar refractivity (Wildman–Crippen MR) is 96.2 cm³/mol. The Bertz CT molecular complexity index is 957. The third-order valence-corrected chi connectivity index (χ3v) is 4.79. The molecule has 0 bridgehead atoms. The first kappa shape index (κ1) is 15.7. The standard InChI is InChI=1S/C20H19NO4/c1-11-8-17(22)16(20(23)24)10-21-7-6-15-14-5-4-13(12-2-3-12)9-18(14)25-19(11)15/h4-5,8-10,12,22H,2-3,6-7H2,1H3,(H,23,24)/b11-8+,17-16?,21-10?. The molecule has 1 aromatic carbocycles.